The fraction of sp³-hybridized carbons (Fsp3) is 0.538. The SMILES string of the molecule is CCC(C)C(NC(=O)C(C)NC(=O)C(N)Cc1c[nH]c2ccccc12)C(=O)NC(CCCCN)C(=O)O. The molecule has 0 radical (unpaired) electrons. The number of rotatable bonds is 15. The topological polar surface area (TPSA) is 192 Å². The van der Waals surface area contributed by atoms with Crippen LogP contribution in [0.5, 0.6) is 0 Å². The molecule has 1 heterocycles. The van der Waals surface area contributed by atoms with Crippen molar-refractivity contribution in [3.05, 3.63) is 36.0 Å². The lowest BCUT2D eigenvalue weighted by Crippen LogP contribution is -2.58. The van der Waals surface area contributed by atoms with Gasteiger partial charge in [0.05, 0.1) is 6.04 Å². The molecular weight excluding hydrogens is 476 g/mol. The molecule has 0 spiro atoms. The van der Waals surface area contributed by atoms with E-state index in [0.717, 1.165) is 16.5 Å². The van der Waals surface area contributed by atoms with E-state index in [1.165, 1.54) is 6.92 Å². The van der Waals surface area contributed by atoms with Gasteiger partial charge in [-0.3, -0.25) is 14.4 Å². The quantitative estimate of drug-likeness (QED) is 0.170. The third-order valence-corrected chi connectivity index (χ3v) is 6.56. The number of nitrogens with one attached hydrogen (secondary N) is 4. The molecule has 3 amide bonds. The summed E-state index contributed by atoms with van der Waals surface area (Å²) in [6.07, 6.45) is 4.09. The van der Waals surface area contributed by atoms with Gasteiger partial charge in [-0.05, 0) is 56.7 Å². The van der Waals surface area contributed by atoms with Crippen molar-refractivity contribution >= 4 is 34.6 Å². The molecule has 11 heteroatoms. The highest BCUT2D eigenvalue weighted by atomic mass is 16.4. The van der Waals surface area contributed by atoms with E-state index < -0.39 is 47.9 Å². The van der Waals surface area contributed by atoms with E-state index in [0.29, 0.717) is 25.8 Å². The highest BCUT2D eigenvalue weighted by molar-refractivity contribution is 5.94. The number of unbranched alkanes of at least 4 members (excludes halogenated alkanes) is 1. The molecule has 0 saturated heterocycles. The summed E-state index contributed by atoms with van der Waals surface area (Å²) < 4.78 is 0. The van der Waals surface area contributed by atoms with Crippen LogP contribution in [0.2, 0.25) is 0 Å². The molecule has 0 bridgehead atoms. The highest BCUT2D eigenvalue weighted by Crippen LogP contribution is 2.18. The molecule has 0 saturated carbocycles. The second kappa shape index (κ2) is 14.3. The number of hydrogen-bond donors (Lipinski definition) is 7. The van der Waals surface area contributed by atoms with Gasteiger partial charge in [-0.1, -0.05) is 38.5 Å². The summed E-state index contributed by atoms with van der Waals surface area (Å²) in [4.78, 5) is 53.3. The van der Waals surface area contributed by atoms with Gasteiger partial charge in [0.1, 0.15) is 18.1 Å². The summed E-state index contributed by atoms with van der Waals surface area (Å²) in [7, 11) is 0. The lowest BCUT2D eigenvalue weighted by atomic mass is 9.97. The molecular formula is C26H40N6O5. The Morgan fingerprint density at radius 3 is 2.35 bits per heavy atom. The molecule has 2 aromatic rings. The summed E-state index contributed by atoms with van der Waals surface area (Å²) in [5.41, 5.74) is 13.4. The van der Waals surface area contributed by atoms with Crippen LogP contribution in [0.25, 0.3) is 10.9 Å². The predicted octanol–water partition coefficient (Wildman–Crippen LogP) is 0.772. The molecule has 204 valence electrons. The van der Waals surface area contributed by atoms with Crippen molar-refractivity contribution in [2.24, 2.45) is 17.4 Å². The Morgan fingerprint density at radius 1 is 1.00 bits per heavy atom. The average molecular weight is 517 g/mol. The van der Waals surface area contributed by atoms with Gasteiger partial charge in [0, 0.05) is 17.1 Å². The monoisotopic (exact) mass is 516 g/mol. The maximum absolute atomic E-state index is 12.9. The summed E-state index contributed by atoms with van der Waals surface area (Å²) in [6.45, 7) is 5.59. The number of carboxylic acid groups (broad SMARTS) is 1. The second-order valence-corrected chi connectivity index (χ2v) is 9.46. The van der Waals surface area contributed by atoms with Crippen molar-refractivity contribution in [3.63, 3.8) is 0 Å². The van der Waals surface area contributed by atoms with Gasteiger partial charge in [-0.25, -0.2) is 4.79 Å². The van der Waals surface area contributed by atoms with Crippen LogP contribution in [0.4, 0.5) is 0 Å². The molecule has 2 rings (SSSR count). The van der Waals surface area contributed by atoms with Crippen LogP contribution in [-0.2, 0) is 25.6 Å². The molecule has 1 aromatic heterocycles. The molecule has 0 fully saturated rings. The molecule has 37 heavy (non-hydrogen) atoms. The largest absolute Gasteiger partial charge is 0.480 e. The van der Waals surface area contributed by atoms with E-state index in [1.54, 1.807) is 6.92 Å². The zero-order valence-corrected chi connectivity index (χ0v) is 21.8. The normalized spacial score (nSPS) is 15.3. The van der Waals surface area contributed by atoms with Crippen molar-refractivity contribution in [1.82, 2.24) is 20.9 Å². The molecule has 5 unspecified atom stereocenters. The molecule has 11 nitrogen and oxygen atoms in total. The lowest BCUT2D eigenvalue weighted by Gasteiger charge is -2.27. The van der Waals surface area contributed by atoms with Crippen LogP contribution in [0.1, 0.15) is 52.0 Å². The molecule has 0 aliphatic rings. The molecule has 0 aliphatic carbocycles. The van der Waals surface area contributed by atoms with Crippen molar-refractivity contribution in [1.29, 1.82) is 0 Å². The van der Waals surface area contributed by atoms with Crippen molar-refractivity contribution in [3.8, 4) is 0 Å². The van der Waals surface area contributed by atoms with Gasteiger partial charge >= 0.3 is 5.97 Å². The van der Waals surface area contributed by atoms with Gasteiger partial charge in [0.2, 0.25) is 17.7 Å². The Balaban J connectivity index is 1.98. The minimum Gasteiger partial charge on any atom is -0.480 e. The van der Waals surface area contributed by atoms with Gasteiger partial charge in [0.25, 0.3) is 0 Å². The number of aromatic amines is 1. The first-order valence-corrected chi connectivity index (χ1v) is 12.7. The third kappa shape index (κ3) is 8.57. The number of amides is 3. The van der Waals surface area contributed by atoms with E-state index in [-0.39, 0.29) is 18.8 Å². The van der Waals surface area contributed by atoms with Crippen molar-refractivity contribution in [2.45, 2.75) is 77.0 Å². The van der Waals surface area contributed by atoms with Gasteiger partial charge < -0.3 is 37.5 Å². The van der Waals surface area contributed by atoms with E-state index in [1.807, 2.05) is 37.4 Å². The number of carboxylic acids is 1. The van der Waals surface area contributed by atoms with Crippen LogP contribution in [0, 0.1) is 5.92 Å². The average Bonchev–Trinajstić information content (AvgIpc) is 3.28. The fourth-order valence-electron chi connectivity index (χ4n) is 4.01. The number of aromatic nitrogens is 1. The van der Waals surface area contributed by atoms with E-state index >= 15 is 0 Å². The number of carbonyl (C=O) groups excluding carboxylic acids is 3. The summed E-state index contributed by atoms with van der Waals surface area (Å²) in [5, 5.41) is 18.3. The molecule has 1 aromatic carbocycles. The number of para-hydroxylation sites is 1. The van der Waals surface area contributed by atoms with Gasteiger partial charge in [0.15, 0.2) is 0 Å². The number of aliphatic carboxylic acids is 1. The number of hydrogen-bond acceptors (Lipinski definition) is 6. The Bertz CT molecular complexity index is 1070. The first-order valence-electron chi connectivity index (χ1n) is 12.7. The van der Waals surface area contributed by atoms with Crippen molar-refractivity contribution in [2.75, 3.05) is 6.54 Å². The number of benzene rings is 1. The van der Waals surface area contributed by atoms with Crippen LogP contribution in [0.3, 0.4) is 0 Å². The Morgan fingerprint density at radius 2 is 1.70 bits per heavy atom. The zero-order valence-electron chi connectivity index (χ0n) is 21.8. The van der Waals surface area contributed by atoms with Crippen LogP contribution < -0.4 is 27.4 Å². The molecule has 0 aliphatic heterocycles. The lowest BCUT2D eigenvalue weighted by molar-refractivity contribution is -0.143. The van der Waals surface area contributed by atoms with E-state index in [2.05, 4.69) is 20.9 Å². The number of fused-ring (bicyclic) bond motifs is 1. The summed E-state index contributed by atoms with van der Waals surface area (Å²) in [6, 6.07) is 3.80. The maximum Gasteiger partial charge on any atom is 0.326 e. The molecule has 5 atom stereocenters. The Labute approximate surface area is 217 Å². The van der Waals surface area contributed by atoms with Crippen LogP contribution in [-0.4, -0.2) is 64.5 Å². The number of H-pyrrole nitrogens is 1. The first-order chi connectivity index (χ1) is 17.6. The number of carbonyl (C=O) groups is 4. The van der Waals surface area contributed by atoms with Crippen LogP contribution in [0.15, 0.2) is 30.5 Å². The second-order valence-electron chi connectivity index (χ2n) is 9.46. The van der Waals surface area contributed by atoms with Crippen molar-refractivity contribution < 1.29 is 24.3 Å². The molecule has 9 N–H and O–H groups in total. The Kier molecular flexibility index (Phi) is 11.5. The van der Waals surface area contributed by atoms with Crippen LogP contribution >= 0.6 is 0 Å². The summed E-state index contributed by atoms with van der Waals surface area (Å²) in [5.74, 6) is -3.07. The first kappa shape index (κ1) is 29.8. The standard InChI is InChI=1S/C26H40N6O5/c1-4-15(2)22(25(35)31-21(26(36)37)11-7-8-12-27)32-23(33)16(3)30-24(34)19(28)13-17-14-29-20-10-6-5-9-18(17)20/h5-6,9-10,14-16,19,21-22,29H,4,7-8,11-13,27-28H2,1-3H3,(H,30,34)(H,31,35)(H,32,33)(H,36,37). The van der Waals surface area contributed by atoms with E-state index in [9.17, 15) is 24.3 Å². The Hall–Kier alpha value is -3.44. The predicted molar refractivity (Wildman–Crippen MR) is 141 cm³/mol. The van der Waals surface area contributed by atoms with Gasteiger partial charge in [-0.2, -0.15) is 0 Å². The highest BCUT2D eigenvalue weighted by Gasteiger charge is 2.31. The number of nitrogens with two attached hydrogens (primary N) is 2. The third-order valence-electron chi connectivity index (χ3n) is 6.56. The summed E-state index contributed by atoms with van der Waals surface area (Å²) >= 11 is 0. The smallest absolute Gasteiger partial charge is 0.326 e. The zero-order chi connectivity index (χ0) is 27.5. The fourth-order valence-corrected chi connectivity index (χ4v) is 4.01. The van der Waals surface area contributed by atoms with Gasteiger partial charge in [-0.15, -0.1) is 0 Å². The maximum atomic E-state index is 12.9. The van der Waals surface area contributed by atoms with E-state index in [4.69, 9.17) is 11.5 Å². The minimum absolute atomic E-state index is 0.236. The minimum atomic E-state index is -1.15.